The van der Waals surface area contributed by atoms with Crippen molar-refractivity contribution in [2.45, 2.75) is 50.9 Å². The molecule has 1 atom stereocenters. The first-order chi connectivity index (χ1) is 16.1. The van der Waals surface area contributed by atoms with E-state index in [2.05, 4.69) is 16.0 Å². The number of nitrogens with zero attached hydrogens (tertiary/aromatic N) is 1. The van der Waals surface area contributed by atoms with Crippen molar-refractivity contribution in [3.05, 3.63) is 59.2 Å². The molecule has 8 nitrogen and oxygen atoms in total. The Balaban J connectivity index is 1.26. The Morgan fingerprint density at radius 1 is 1.03 bits per heavy atom. The van der Waals surface area contributed by atoms with Crippen molar-refractivity contribution >= 4 is 23.4 Å². The Morgan fingerprint density at radius 2 is 1.85 bits per heavy atom. The van der Waals surface area contributed by atoms with E-state index in [1.165, 1.54) is 0 Å². The Bertz CT molecular complexity index is 1080. The first-order valence-corrected chi connectivity index (χ1v) is 11.6. The van der Waals surface area contributed by atoms with Gasteiger partial charge in [-0.05, 0) is 61.7 Å². The van der Waals surface area contributed by atoms with Gasteiger partial charge in [0.1, 0.15) is 17.9 Å². The number of rotatable bonds is 6. The molecule has 5 rings (SSSR count). The lowest BCUT2D eigenvalue weighted by molar-refractivity contribution is -0.136. The van der Waals surface area contributed by atoms with Crippen molar-refractivity contribution in [2.75, 3.05) is 18.4 Å². The van der Waals surface area contributed by atoms with E-state index in [0.29, 0.717) is 25.1 Å². The van der Waals surface area contributed by atoms with Crippen molar-refractivity contribution in [3.8, 4) is 5.75 Å². The van der Waals surface area contributed by atoms with Crippen LogP contribution in [0.1, 0.15) is 47.2 Å². The first-order valence-electron chi connectivity index (χ1n) is 11.6. The number of para-hydroxylation sites is 2. The van der Waals surface area contributed by atoms with Gasteiger partial charge in [-0.25, -0.2) is 0 Å². The maximum atomic E-state index is 13.0. The lowest BCUT2D eigenvalue weighted by Gasteiger charge is -2.29. The second-order valence-corrected chi connectivity index (χ2v) is 8.81. The van der Waals surface area contributed by atoms with Gasteiger partial charge < -0.3 is 20.3 Å². The van der Waals surface area contributed by atoms with Crippen LogP contribution in [0.15, 0.2) is 42.5 Å². The lowest BCUT2D eigenvalue weighted by Crippen LogP contribution is -2.52. The highest BCUT2D eigenvalue weighted by atomic mass is 16.5. The van der Waals surface area contributed by atoms with Gasteiger partial charge in [0.25, 0.3) is 5.91 Å². The number of nitrogens with one attached hydrogen (secondary N) is 3. The summed E-state index contributed by atoms with van der Waals surface area (Å²) in [6.45, 7) is 2.88. The third-order valence-electron chi connectivity index (χ3n) is 6.54. The third kappa shape index (κ3) is 4.57. The first kappa shape index (κ1) is 21.5. The summed E-state index contributed by atoms with van der Waals surface area (Å²) in [5.74, 6) is 0.0134. The lowest BCUT2D eigenvalue weighted by atomic mass is 10.0. The minimum Gasteiger partial charge on any atom is -0.488 e. The molecule has 3 aliphatic heterocycles. The molecule has 2 aromatic rings. The van der Waals surface area contributed by atoms with Crippen LogP contribution in [0.3, 0.4) is 0 Å². The zero-order valence-electron chi connectivity index (χ0n) is 18.4. The molecule has 3 aliphatic rings. The van der Waals surface area contributed by atoms with Gasteiger partial charge in [0.15, 0.2) is 0 Å². The van der Waals surface area contributed by atoms with Gasteiger partial charge in [-0.15, -0.1) is 0 Å². The summed E-state index contributed by atoms with van der Waals surface area (Å²) in [5.41, 5.74) is 3.43. The summed E-state index contributed by atoms with van der Waals surface area (Å²) in [6.07, 6.45) is 2.82. The Kier molecular flexibility index (Phi) is 6.00. The molecule has 0 spiro atoms. The van der Waals surface area contributed by atoms with Crippen molar-refractivity contribution < 1.29 is 19.1 Å². The Labute approximate surface area is 192 Å². The van der Waals surface area contributed by atoms with Crippen molar-refractivity contribution in [3.63, 3.8) is 0 Å². The minimum atomic E-state index is -0.594. The average Bonchev–Trinajstić information content (AvgIpc) is 3.15. The van der Waals surface area contributed by atoms with E-state index in [-0.39, 0.29) is 30.2 Å². The molecule has 0 bridgehead atoms. The van der Waals surface area contributed by atoms with Crippen LogP contribution in [0, 0.1) is 0 Å². The molecule has 3 N–H and O–H groups in total. The Morgan fingerprint density at radius 3 is 2.67 bits per heavy atom. The fourth-order valence-corrected chi connectivity index (χ4v) is 4.72. The molecule has 0 aliphatic carbocycles. The minimum absolute atomic E-state index is 0.156. The van der Waals surface area contributed by atoms with E-state index < -0.39 is 6.04 Å². The molecule has 172 valence electrons. The van der Waals surface area contributed by atoms with Crippen LogP contribution in [0.25, 0.3) is 0 Å². The van der Waals surface area contributed by atoms with Crippen LogP contribution >= 0.6 is 0 Å². The highest BCUT2D eigenvalue weighted by molar-refractivity contribution is 6.05. The molecule has 0 saturated carbocycles. The number of carbonyl (C=O) groups is 3. The van der Waals surface area contributed by atoms with Crippen molar-refractivity contribution in [1.29, 1.82) is 0 Å². The molecule has 2 aromatic carbocycles. The molecular weight excluding hydrogens is 420 g/mol. The van der Waals surface area contributed by atoms with Crippen LogP contribution in [0.4, 0.5) is 5.69 Å². The van der Waals surface area contributed by atoms with Crippen LogP contribution in [-0.2, 0) is 22.7 Å². The van der Waals surface area contributed by atoms with Gasteiger partial charge in [-0.2, -0.15) is 0 Å². The van der Waals surface area contributed by atoms with E-state index in [0.717, 1.165) is 48.5 Å². The number of fused-ring (bicyclic) bond motifs is 1. The van der Waals surface area contributed by atoms with Gasteiger partial charge >= 0.3 is 0 Å². The van der Waals surface area contributed by atoms with Crippen LogP contribution < -0.4 is 20.7 Å². The number of carbonyl (C=O) groups excluding carboxylic acids is 3. The fourth-order valence-electron chi connectivity index (χ4n) is 4.72. The molecule has 3 amide bonds. The number of hydrogen-bond acceptors (Lipinski definition) is 6. The van der Waals surface area contributed by atoms with Gasteiger partial charge in [-0.1, -0.05) is 24.3 Å². The van der Waals surface area contributed by atoms with E-state index in [1.807, 2.05) is 42.5 Å². The van der Waals surface area contributed by atoms with E-state index in [1.54, 1.807) is 4.90 Å². The van der Waals surface area contributed by atoms with Crippen LogP contribution in [-0.4, -0.2) is 47.9 Å². The third-order valence-corrected chi connectivity index (χ3v) is 6.54. The topological polar surface area (TPSA) is 99.8 Å². The fraction of sp³-hybridized carbons (Fsp3) is 0.400. The maximum absolute atomic E-state index is 13.0. The van der Waals surface area contributed by atoms with E-state index in [9.17, 15) is 14.4 Å². The quantitative estimate of drug-likeness (QED) is 0.586. The molecule has 8 heteroatoms. The molecule has 1 unspecified atom stereocenters. The largest absolute Gasteiger partial charge is 0.488 e. The van der Waals surface area contributed by atoms with Crippen LogP contribution in [0.5, 0.6) is 5.75 Å². The van der Waals surface area contributed by atoms with Gasteiger partial charge in [0.05, 0.1) is 5.69 Å². The smallest absolute Gasteiger partial charge is 0.255 e. The number of imide groups is 1. The summed E-state index contributed by atoms with van der Waals surface area (Å²) < 4.78 is 6.24. The number of anilines is 1. The highest BCUT2D eigenvalue weighted by Gasteiger charge is 2.39. The number of ether oxygens (including phenoxy) is 1. The predicted octanol–water partition coefficient (Wildman–Crippen LogP) is 2.19. The standard InChI is InChI=1S/C25H28N4O4/c30-23-8-7-21(24(31)28-23)29-15-17-6-5-16(13-19(17)25(29)32)14-27-20-3-1-2-4-22(20)33-18-9-11-26-12-10-18/h1-6,13,18,21,26-27H,7-12,14-15H2,(H,28,30,31). The van der Waals surface area contributed by atoms with Crippen LogP contribution in [0.2, 0.25) is 0 Å². The molecule has 3 heterocycles. The predicted molar refractivity (Wildman–Crippen MR) is 123 cm³/mol. The maximum Gasteiger partial charge on any atom is 0.255 e. The Hall–Kier alpha value is -3.39. The second kappa shape index (κ2) is 9.23. The number of amides is 3. The SMILES string of the molecule is O=C1CCC(N2Cc3ccc(CNc4ccccc4OC4CCNCC4)cc3C2=O)C(=O)N1. The molecular formula is C25H28N4O4. The van der Waals surface area contributed by atoms with Gasteiger partial charge in [0, 0.05) is 25.1 Å². The monoisotopic (exact) mass is 448 g/mol. The van der Waals surface area contributed by atoms with E-state index >= 15 is 0 Å². The molecule has 0 radical (unpaired) electrons. The number of hydrogen-bond donors (Lipinski definition) is 3. The number of piperidine rings is 2. The van der Waals surface area contributed by atoms with E-state index in [4.69, 9.17) is 4.74 Å². The summed E-state index contributed by atoms with van der Waals surface area (Å²) in [5, 5.41) is 9.14. The molecule has 2 saturated heterocycles. The van der Waals surface area contributed by atoms with Gasteiger partial charge in [0.2, 0.25) is 11.8 Å². The summed E-state index contributed by atoms with van der Waals surface area (Å²) >= 11 is 0. The highest BCUT2D eigenvalue weighted by Crippen LogP contribution is 2.30. The summed E-state index contributed by atoms with van der Waals surface area (Å²) in [6, 6.07) is 13.2. The number of benzene rings is 2. The summed E-state index contributed by atoms with van der Waals surface area (Å²) in [4.78, 5) is 38.3. The van der Waals surface area contributed by atoms with Crippen molar-refractivity contribution in [2.24, 2.45) is 0 Å². The molecule has 2 fully saturated rings. The average molecular weight is 449 g/mol. The van der Waals surface area contributed by atoms with Gasteiger partial charge in [-0.3, -0.25) is 19.7 Å². The zero-order chi connectivity index (χ0) is 22.8. The summed E-state index contributed by atoms with van der Waals surface area (Å²) in [7, 11) is 0. The second-order valence-electron chi connectivity index (χ2n) is 8.81. The zero-order valence-corrected chi connectivity index (χ0v) is 18.4. The molecule has 0 aromatic heterocycles. The van der Waals surface area contributed by atoms with Crippen molar-refractivity contribution in [1.82, 2.24) is 15.5 Å². The molecule has 33 heavy (non-hydrogen) atoms. The normalized spacial score (nSPS) is 21.0.